The molecule has 2 amide bonds. The van der Waals surface area contributed by atoms with Crippen LogP contribution < -0.4 is 4.74 Å². The van der Waals surface area contributed by atoms with Crippen LogP contribution in [0.3, 0.4) is 0 Å². The van der Waals surface area contributed by atoms with Gasteiger partial charge in [0.05, 0.1) is 23.4 Å². The van der Waals surface area contributed by atoms with Crippen molar-refractivity contribution in [2.24, 2.45) is 0 Å². The van der Waals surface area contributed by atoms with E-state index in [-0.39, 0.29) is 16.4 Å². The van der Waals surface area contributed by atoms with Crippen molar-refractivity contribution in [2.45, 2.75) is 18.2 Å². The zero-order chi connectivity index (χ0) is 17.1. The number of methoxy groups -OCH3 is 1. The van der Waals surface area contributed by atoms with Crippen molar-refractivity contribution in [3.8, 4) is 5.75 Å². The first-order valence-corrected chi connectivity index (χ1v) is 9.14. The molecule has 1 fully saturated rings. The number of carbonyl (C=O) groups is 2. The van der Waals surface area contributed by atoms with Crippen LogP contribution in [-0.2, 0) is 17.8 Å². The molecule has 24 heavy (non-hydrogen) atoms. The fraction of sp³-hybridized carbons (Fsp3) is 0.222. The van der Waals surface area contributed by atoms with E-state index in [0.717, 1.165) is 33.1 Å². The molecule has 0 unspecified atom stereocenters. The number of amides is 2. The zero-order valence-corrected chi connectivity index (χ0v) is 15.5. The molecule has 0 N–H and O–H groups in total. The molecule has 0 radical (unpaired) electrons. The SMILES string of the molecule is COc1ccc(C[C@H]2SC(=O)N(Cc3ccccc3)C2=O)cc1Br. The van der Waals surface area contributed by atoms with E-state index in [0.29, 0.717) is 13.0 Å². The number of benzene rings is 2. The van der Waals surface area contributed by atoms with E-state index in [1.807, 2.05) is 48.5 Å². The minimum Gasteiger partial charge on any atom is -0.496 e. The fourth-order valence-electron chi connectivity index (χ4n) is 2.59. The van der Waals surface area contributed by atoms with Crippen LogP contribution in [0, 0.1) is 0 Å². The predicted octanol–water partition coefficient (Wildman–Crippen LogP) is 4.26. The summed E-state index contributed by atoms with van der Waals surface area (Å²) in [5, 5.41) is -0.553. The Morgan fingerprint density at radius 1 is 1.12 bits per heavy atom. The minimum absolute atomic E-state index is 0.124. The molecular formula is C18H16BrNO3S. The summed E-state index contributed by atoms with van der Waals surface area (Å²) in [6, 6.07) is 15.3. The van der Waals surface area contributed by atoms with Crippen molar-refractivity contribution in [3.63, 3.8) is 0 Å². The van der Waals surface area contributed by atoms with Gasteiger partial charge in [-0.1, -0.05) is 48.2 Å². The van der Waals surface area contributed by atoms with Crippen LogP contribution in [0.15, 0.2) is 53.0 Å². The predicted molar refractivity (Wildman–Crippen MR) is 98.2 cm³/mol. The lowest BCUT2D eigenvalue weighted by Crippen LogP contribution is -2.31. The van der Waals surface area contributed by atoms with Crippen molar-refractivity contribution in [2.75, 3.05) is 7.11 Å². The van der Waals surface area contributed by atoms with E-state index in [2.05, 4.69) is 15.9 Å². The van der Waals surface area contributed by atoms with Gasteiger partial charge in [0.2, 0.25) is 5.91 Å². The van der Waals surface area contributed by atoms with Crippen molar-refractivity contribution in [3.05, 3.63) is 64.1 Å². The molecule has 2 aromatic rings. The average Bonchev–Trinajstić information content (AvgIpc) is 2.84. The normalized spacial score (nSPS) is 17.4. The van der Waals surface area contributed by atoms with Crippen LogP contribution in [0.1, 0.15) is 11.1 Å². The topological polar surface area (TPSA) is 46.6 Å². The summed E-state index contributed by atoms with van der Waals surface area (Å²) < 4.78 is 6.05. The molecule has 1 aliphatic heterocycles. The number of ether oxygens (including phenoxy) is 1. The first kappa shape index (κ1) is 17.0. The molecule has 1 heterocycles. The molecular weight excluding hydrogens is 390 g/mol. The van der Waals surface area contributed by atoms with Crippen LogP contribution in [0.2, 0.25) is 0 Å². The average molecular weight is 406 g/mol. The van der Waals surface area contributed by atoms with Gasteiger partial charge >= 0.3 is 0 Å². The lowest BCUT2D eigenvalue weighted by molar-refractivity contribution is -0.127. The van der Waals surface area contributed by atoms with Gasteiger partial charge in [-0.15, -0.1) is 0 Å². The van der Waals surface area contributed by atoms with Gasteiger partial charge < -0.3 is 4.74 Å². The Morgan fingerprint density at radius 2 is 1.88 bits per heavy atom. The lowest BCUT2D eigenvalue weighted by atomic mass is 10.1. The molecule has 0 aliphatic carbocycles. The van der Waals surface area contributed by atoms with Crippen molar-refractivity contribution in [1.82, 2.24) is 4.90 Å². The molecule has 0 aromatic heterocycles. The Hall–Kier alpha value is -1.79. The van der Waals surface area contributed by atoms with Crippen LogP contribution >= 0.6 is 27.7 Å². The molecule has 1 atom stereocenters. The molecule has 0 bridgehead atoms. The molecule has 4 nitrogen and oxygen atoms in total. The lowest BCUT2D eigenvalue weighted by Gasteiger charge is -2.14. The number of hydrogen-bond acceptors (Lipinski definition) is 4. The second-order valence-corrected chi connectivity index (χ2v) is 7.46. The molecule has 0 saturated carbocycles. The number of hydrogen-bond donors (Lipinski definition) is 0. The van der Waals surface area contributed by atoms with Gasteiger partial charge in [0, 0.05) is 0 Å². The molecule has 1 aliphatic rings. The number of nitrogens with zero attached hydrogens (tertiary/aromatic N) is 1. The third-order valence-electron chi connectivity index (χ3n) is 3.83. The third kappa shape index (κ3) is 3.65. The quantitative estimate of drug-likeness (QED) is 0.745. The molecule has 124 valence electrons. The van der Waals surface area contributed by atoms with E-state index in [4.69, 9.17) is 4.74 Å². The Balaban J connectivity index is 1.71. The first-order valence-electron chi connectivity index (χ1n) is 7.47. The summed E-state index contributed by atoms with van der Waals surface area (Å²) in [5.74, 6) is 0.617. The third-order valence-corrected chi connectivity index (χ3v) is 5.52. The van der Waals surface area contributed by atoms with Crippen LogP contribution in [0.4, 0.5) is 4.79 Å². The maximum absolute atomic E-state index is 12.6. The monoisotopic (exact) mass is 405 g/mol. The van der Waals surface area contributed by atoms with Gasteiger partial charge in [0.1, 0.15) is 5.75 Å². The van der Waals surface area contributed by atoms with E-state index in [9.17, 15) is 9.59 Å². The highest BCUT2D eigenvalue weighted by atomic mass is 79.9. The number of imide groups is 1. The molecule has 0 spiro atoms. The van der Waals surface area contributed by atoms with Crippen LogP contribution in [-0.4, -0.2) is 28.4 Å². The smallest absolute Gasteiger partial charge is 0.289 e. The van der Waals surface area contributed by atoms with Crippen molar-refractivity contribution < 1.29 is 14.3 Å². The number of rotatable bonds is 5. The minimum atomic E-state index is -0.374. The van der Waals surface area contributed by atoms with E-state index in [1.54, 1.807) is 7.11 Å². The van der Waals surface area contributed by atoms with Crippen LogP contribution in [0.5, 0.6) is 5.75 Å². The number of carbonyl (C=O) groups excluding carboxylic acids is 2. The maximum atomic E-state index is 12.6. The highest BCUT2D eigenvalue weighted by Crippen LogP contribution is 2.32. The van der Waals surface area contributed by atoms with Crippen molar-refractivity contribution in [1.29, 1.82) is 0 Å². The van der Waals surface area contributed by atoms with Gasteiger partial charge in [-0.05, 0) is 45.6 Å². The molecule has 6 heteroatoms. The highest BCUT2D eigenvalue weighted by Gasteiger charge is 2.39. The Bertz CT molecular complexity index is 766. The largest absolute Gasteiger partial charge is 0.496 e. The summed E-state index contributed by atoms with van der Waals surface area (Å²) >= 11 is 4.55. The highest BCUT2D eigenvalue weighted by molar-refractivity contribution is 9.10. The van der Waals surface area contributed by atoms with Gasteiger partial charge in [-0.25, -0.2) is 0 Å². The standard InChI is InChI=1S/C18H16BrNO3S/c1-23-15-8-7-13(9-14(15)19)10-16-17(21)20(18(22)24-16)11-12-5-3-2-4-6-12/h2-9,16H,10-11H2,1H3/t16-/m1/s1. The Morgan fingerprint density at radius 3 is 2.54 bits per heavy atom. The van der Waals surface area contributed by atoms with Gasteiger partial charge in [0.15, 0.2) is 0 Å². The number of halogens is 1. The van der Waals surface area contributed by atoms with Gasteiger partial charge in [0.25, 0.3) is 5.24 Å². The summed E-state index contributed by atoms with van der Waals surface area (Å²) in [6.07, 6.45) is 0.517. The Labute approximate surface area is 153 Å². The summed E-state index contributed by atoms with van der Waals surface area (Å²) in [4.78, 5) is 26.1. The zero-order valence-electron chi connectivity index (χ0n) is 13.1. The first-order chi connectivity index (χ1) is 11.6. The maximum Gasteiger partial charge on any atom is 0.289 e. The second-order valence-electron chi connectivity index (χ2n) is 5.46. The fourth-order valence-corrected chi connectivity index (χ4v) is 4.20. The molecule has 3 rings (SSSR count). The van der Waals surface area contributed by atoms with Gasteiger partial charge in [-0.3, -0.25) is 14.5 Å². The van der Waals surface area contributed by atoms with E-state index >= 15 is 0 Å². The molecule has 2 aromatic carbocycles. The van der Waals surface area contributed by atoms with Crippen molar-refractivity contribution >= 4 is 38.8 Å². The van der Waals surface area contributed by atoms with Crippen LogP contribution in [0.25, 0.3) is 0 Å². The van der Waals surface area contributed by atoms with E-state index < -0.39 is 0 Å². The Kier molecular flexibility index (Phi) is 5.26. The summed E-state index contributed by atoms with van der Waals surface area (Å²) in [5.41, 5.74) is 1.94. The van der Waals surface area contributed by atoms with Gasteiger partial charge in [-0.2, -0.15) is 0 Å². The van der Waals surface area contributed by atoms with E-state index in [1.165, 1.54) is 4.90 Å². The summed E-state index contributed by atoms with van der Waals surface area (Å²) in [6.45, 7) is 0.328. The molecule has 1 saturated heterocycles. The second kappa shape index (κ2) is 7.40. The summed E-state index contributed by atoms with van der Waals surface area (Å²) in [7, 11) is 1.61. The number of thioether (sulfide) groups is 1.